The average molecular weight is 224 g/mol. The number of nitrogens with zero attached hydrogens (tertiary/aromatic N) is 1. The van der Waals surface area contributed by atoms with Crippen molar-refractivity contribution in [3.05, 3.63) is 0 Å². The summed E-state index contributed by atoms with van der Waals surface area (Å²) < 4.78 is 0. The molecule has 3 nitrogen and oxygen atoms in total. The first kappa shape index (κ1) is 11.9. The first-order chi connectivity index (χ1) is 7.70. The lowest BCUT2D eigenvalue weighted by molar-refractivity contribution is -0.137. The predicted octanol–water partition coefficient (Wildman–Crippen LogP) is 1.90. The number of amides is 1. The summed E-state index contributed by atoms with van der Waals surface area (Å²) in [6.07, 6.45) is 9.30. The van der Waals surface area contributed by atoms with Gasteiger partial charge in [0.15, 0.2) is 0 Å². The number of hydrogen-bond acceptors (Lipinski definition) is 2. The lowest BCUT2D eigenvalue weighted by Gasteiger charge is -2.33. The molecule has 3 heteroatoms. The van der Waals surface area contributed by atoms with Crippen LogP contribution >= 0.6 is 0 Å². The Hall–Kier alpha value is -0.570. The Morgan fingerprint density at radius 1 is 1.06 bits per heavy atom. The number of carbonyl (C=O) groups is 1. The van der Waals surface area contributed by atoms with Crippen LogP contribution in [0.3, 0.4) is 0 Å². The molecule has 0 aromatic carbocycles. The third-order valence-electron chi connectivity index (χ3n) is 4.36. The van der Waals surface area contributed by atoms with Gasteiger partial charge in [0.25, 0.3) is 0 Å². The molecule has 1 amide bonds. The van der Waals surface area contributed by atoms with Gasteiger partial charge in [-0.05, 0) is 25.7 Å². The molecule has 2 aliphatic carbocycles. The van der Waals surface area contributed by atoms with E-state index in [1.54, 1.807) is 0 Å². The molecule has 2 unspecified atom stereocenters. The molecule has 0 bridgehead atoms. The Kier molecular flexibility index (Phi) is 3.85. The highest BCUT2D eigenvalue weighted by molar-refractivity contribution is 5.79. The molecule has 0 radical (unpaired) electrons. The number of rotatable bonds is 2. The zero-order chi connectivity index (χ0) is 11.5. The summed E-state index contributed by atoms with van der Waals surface area (Å²) in [5.74, 6) is 0.401. The fourth-order valence-electron chi connectivity index (χ4n) is 3.20. The van der Waals surface area contributed by atoms with Crippen LogP contribution in [-0.4, -0.2) is 29.9 Å². The van der Waals surface area contributed by atoms with Crippen LogP contribution < -0.4 is 5.73 Å². The van der Waals surface area contributed by atoms with Gasteiger partial charge in [-0.25, -0.2) is 0 Å². The van der Waals surface area contributed by atoms with Crippen molar-refractivity contribution in [3.63, 3.8) is 0 Å². The van der Waals surface area contributed by atoms with Crippen molar-refractivity contribution in [3.8, 4) is 0 Å². The van der Waals surface area contributed by atoms with E-state index in [0.29, 0.717) is 11.9 Å². The average Bonchev–Trinajstić information content (AvgIpc) is 2.81. The van der Waals surface area contributed by atoms with Gasteiger partial charge in [-0.2, -0.15) is 0 Å². The Morgan fingerprint density at radius 3 is 2.25 bits per heavy atom. The first-order valence-corrected chi connectivity index (χ1v) is 6.72. The van der Waals surface area contributed by atoms with Crippen LogP contribution in [0.15, 0.2) is 0 Å². The standard InChI is InChI=1S/C13H24N2O/c1-15(10-6-2-3-7-10)13(16)11-8-4-5-9-12(11)14/h10-12H,2-9,14H2,1H3. The SMILES string of the molecule is CN(C(=O)C1CCCCC1N)C1CCCC1. The summed E-state index contributed by atoms with van der Waals surface area (Å²) in [4.78, 5) is 14.3. The normalized spacial score (nSPS) is 31.6. The molecular formula is C13H24N2O. The van der Waals surface area contributed by atoms with Crippen LogP contribution in [0.4, 0.5) is 0 Å². The van der Waals surface area contributed by atoms with E-state index in [9.17, 15) is 4.79 Å². The highest BCUT2D eigenvalue weighted by Gasteiger charge is 2.33. The topological polar surface area (TPSA) is 46.3 Å². The van der Waals surface area contributed by atoms with Gasteiger partial charge >= 0.3 is 0 Å². The second-order valence-corrected chi connectivity index (χ2v) is 5.44. The molecule has 0 saturated heterocycles. The molecule has 0 aromatic rings. The fraction of sp³-hybridized carbons (Fsp3) is 0.923. The second kappa shape index (κ2) is 5.17. The zero-order valence-corrected chi connectivity index (χ0v) is 10.3. The van der Waals surface area contributed by atoms with Crippen molar-refractivity contribution < 1.29 is 4.79 Å². The molecule has 16 heavy (non-hydrogen) atoms. The Labute approximate surface area is 98.4 Å². The summed E-state index contributed by atoms with van der Waals surface area (Å²) in [6, 6.07) is 0.590. The van der Waals surface area contributed by atoms with E-state index in [-0.39, 0.29) is 12.0 Å². The van der Waals surface area contributed by atoms with Gasteiger partial charge < -0.3 is 10.6 Å². The van der Waals surface area contributed by atoms with E-state index >= 15 is 0 Å². The summed E-state index contributed by atoms with van der Waals surface area (Å²) in [5, 5.41) is 0. The van der Waals surface area contributed by atoms with E-state index < -0.39 is 0 Å². The van der Waals surface area contributed by atoms with Crippen molar-refractivity contribution in [1.29, 1.82) is 0 Å². The lowest BCUT2D eigenvalue weighted by Crippen LogP contribution is -2.47. The van der Waals surface area contributed by atoms with Gasteiger partial charge in [-0.3, -0.25) is 4.79 Å². The van der Waals surface area contributed by atoms with Gasteiger partial charge in [0.05, 0.1) is 5.92 Å². The van der Waals surface area contributed by atoms with Crippen LogP contribution in [0.5, 0.6) is 0 Å². The summed E-state index contributed by atoms with van der Waals surface area (Å²) in [7, 11) is 1.97. The summed E-state index contributed by atoms with van der Waals surface area (Å²) in [6.45, 7) is 0. The van der Waals surface area contributed by atoms with E-state index in [0.717, 1.165) is 12.8 Å². The smallest absolute Gasteiger partial charge is 0.227 e. The Morgan fingerprint density at radius 2 is 1.62 bits per heavy atom. The predicted molar refractivity (Wildman–Crippen MR) is 65.0 cm³/mol. The van der Waals surface area contributed by atoms with Crippen molar-refractivity contribution in [2.45, 2.75) is 63.5 Å². The minimum absolute atomic E-state index is 0.0966. The van der Waals surface area contributed by atoms with E-state index in [1.807, 2.05) is 11.9 Å². The number of carbonyl (C=O) groups excluding carboxylic acids is 1. The number of hydrogen-bond donors (Lipinski definition) is 1. The highest BCUT2D eigenvalue weighted by Crippen LogP contribution is 2.28. The van der Waals surface area contributed by atoms with Gasteiger partial charge in [0, 0.05) is 19.1 Å². The third kappa shape index (κ3) is 2.40. The van der Waals surface area contributed by atoms with Crippen LogP contribution in [0, 0.1) is 5.92 Å². The minimum atomic E-state index is 0.0966. The lowest BCUT2D eigenvalue weighted by atomic mass is 9.84. The molecule has 2 saturated carbocycles. The first-order valence-electron chi connectivity index (χ1n) is 6.72. The molecule has 0 aromatic heterocycles. The molecule has 0 spiro atoms. The van der Waals surface area contributed by atoms with Gasteiger partial charge in [0.1, 0.15) is 0 Å². The summed E-state index contributed by atoms with van der Waals surface area (Å²) >= 11 is 0. The molecular weight excluding hydrogens is 200 g/mol. The monoisotopic (exact) mass is 224 g/mol. The van der Waals surface area contributed by atoms with Crippen molar-refractivity contribution in [2.75, 3.05) is 7.05 Å². The fourth-order valence-corrected chi connectivity index (χ4v) is 3.20. The largest absolute Gasteiger partial charge is 0.342 e. The molecule has 2 fully saturated rings. The van der Waals surface area contributed by atoms with Crippen LogP contribution in [0.25, 0.3) is 0 Å². The highest BCUT2D eigenvalue weighted by atomic mass is 16.2. The molecule has 0 aliphatic heterocycles. The molecule has 0 heterocycles. The number of nitrogens with two attached hydrogens (primary N) is 1. The second-order valence-electron chi connectivity index (χ2n) is 5.44. The maximum absolute atomic E-state index is 12.3. The molecule has 92 valence electrons. The maximum Gasteiger partial charge on any atom is 0.227 e. The van der Waals surface area contributed by atoms with E-state index in [2.05, 4.69) is 0 Å². The molecule has 2 atom stereocenters. The van der Waals surface area contributed by atoms with Crippen LogP contribution in [0.1, 0.15) is 51.4 Å². The van der Waals surface area contributed by atoms with Gasteiger partial charge in [-0.1, -0.05) is 25.7 Å². The minimum Gasteiger partial charge on any atom is -0.342 e. The Balaban J connectivity index is 1.94. The summed E-state index contributed by atoms with van der Waals surface area (Å²) in [5.41, 5.74) is 6.07. The molecule has 2 rings (SSSR count). The van der Waals surface area contributed by atoms with Gasteiger partial charge in [-0.15, -0.1) is 0 Å². The zero-order valence-electron chi connectivity index (χ0n) is 10.3. The van der Waals surface area contributed by atoms with Crippen LogP contribution in [0.2, 0.25) is 0 Å². The van der Waals surface area contributed by atoms with E-state index in [1.165, 1.54) is 38.5 Å². The van der Waals surface area contributed by atoms with Crippen molar-refractivity contribution in [2.24, 2.45) is 11.7 Å². The Bertz CT molecular complexity index is 248. The molecule has 2 N–H and O–H groups in total. The van der Waals surface area contributed by atoms with Gasteiger partial charge in [0.2, 0.25) is 5.91 Å². The van der Waals surface area contributed by atoms with Crippen LogP contribution in [-0.2, 0) is 4.79 Å². The van der Waals surface area contributed by atoms with Crippen molar-refractivity contribution >= 4 is 5.91 Å². The van der Waals surface area contributed by atoms with Crippen molar-refractivity contribution in [1.82, 2.24) is 4.90 Å². The third-order valence-corrected chi connectivity index (χ3v) is 4.36. The van der Waals surface area contributed by atoms with E-state index in [4.69, 9.17) is 5.73 Å². The maximum atomic E-state index is 12.3. The molecule has 2 aliphatic rings. The quantitative estimate of drug-likeness (QED) is 0.778.